The minimum Gasteiger partial charge on any atom is -0.345 e. The van der Waals surface area contributed by atoms with Crippen molar-refractivity contribution in [3.05, 3.63) is 22.4 Å². The molecule has 2 rings (SSSR count). The zero-order valence-electron chi connectivity index (χ0n) is 15.4. The number of aromatic nitrogens is 4. The van der Waals surface area contributed by atoms with E-state index in [0.29, 0.717) is 29.8 Å². The van der Waals surface area contributed by atoms with Crippen LogP contribution in [0.3, 0.4) is 0 Å². The van der Waals surface area contributed by atoms with Gasteiger partial charge in [0, 0.05) is 26.6 Å². The third-order valence-corrected chi connectivity index (χ3v) is 4.05. The molecule has 8 nitrogen and oxygen atoms in total. The average Bonchev–Trinajstić information content (AvgIpc) is 2.96. The van der Waals surface area contributed by atoms with Gasteiger partial charge in [0.1, 0.15) is 11.2 Å². The summed E-state index contributed by atoms with van der Waals surface area (Å²) in [4.78, 5) is 30.9. The van der Waals surface area contributed by atoms with Gasteiger partial charge < -0.3 is 4.90 Å². The molecule has 1 amide bonds. The van der Waals surface area contributed by atoms with Gasteiger partial charge in [0.2, 0.25) is 5.91 Å². The van der Waals surface area contributed by atoms with Gasteiger partial charge in [-0.25, -0.2) is 9.67 Å². The smallest absolute Gasteiger partial charge is 0.264 e. The molecule has 0 spiro atoms. The first kappa shape index (κ1) is 18.6. The van der Waals surface area contributed by atoms with Crippen molar-refractivity contribution in [2.75, 3.05) is 13.6 Å². The summed E-state index contributed by atoms with van der Waals surface area (Å²) in [5.41, 5.74) is 0.0911. The number of fused-ring (bicyclic) bond motifs is 1. The van der Waals surface area contributed by atoms with Crippen LogP contribution >= 0.6 is 0 Å². The summed E-state index contributed by atoms with van der Waals surface area (Å²) < 4.78 is 3.24. The van der Waals surface area contributed by atoms with Crippen LogP contribution in [0.25, 0.3) is 11.0 Å². The maximum Gasteiger partial charge on any atom is 0.264 e. The fraction of sp³-hybridized carbons (Fsp3) is 0.588. The Hall–Kier alpha value is -2.69. The summed E-state index contributed by atoms with van der Waals surface area (Å²) >= 11 is 0. The van der Waals surface area contributed by atoms with Gasteiger partial charge in [-0.15, -0.1) is 0 Å². The molecule has 0 fully saturated rings. The Morgan fingerprint density at radius 2 is 2.08 bits per heavy atom. The predicted octanol–water partition coefficient (Wildman–Crippen LogP) is 1.42. The fourth-order valence-electron chi connectivity index (χ4n) is 2.60. The molecule has 0 saturated carbocycles. The van der Waals surface area contributed by atoms with E-state index in [0.717, 1.165) is 0 Å². The van der Waals surface area contributed by atoms with Gasteiger partial charge in [0.15, 0.2) is 5.65 Å². The normalized spacial score (nSPS) is 11.5. The fourth-order valence-corrected chi connectivity index (χ4v) is 2.60. The molecule has 0 aromatic carbocycles. The number of amides is 1. The Morgan fingerprint density at radius 3 is 2.68 bits per heavy atom. The van der Waals surface area contributed by atoms with Crippen molar-refractivity contribution in [2.24, 2.45) is 0 Å². The van der Waals surface area contributed by atoms with Gasteiger partial charge in [0.25, 0.3) is 5.56 Å². The lowest BCUT2D eigenvalue weighted by Gasteiger charge is -2.20. The second-order valence-corrected chi connectivity index (χ2v) is 7.05. The summed E-state index contributed by atoms with van der Waals surface area (Å²) in [5, 5.41) is 13.3. The molecule has 25 heavy (non-hydrogen) atoms. The van der Waals surface area contributed by atoms with Crippen LogP contribution in [0.4, 0.5) is 0 Å². The first-order valence-electron chi connectivity index (χ1n) is 8.23. The highest BCUT2D eigenvalue weighted by Gasteiger charge is 2.21. The van der Waals surface area contributed by atoms with E-state index in [-0.39, 0.29) is 30.0 Å². The van der Waals surface area contributed by atoms with E-state index >= 15 is 0 Å². The van der Waals surface area contributed by atoms with Gasteiger partial charge in [-0.1, -0.05) is 0 Å². The molecule has 0 aliphatic heterocycles. The first-order chi connectivity index (χ1) is 11.7. The zero-order chi connectivity index (χ0) is 18.8. The van der Waals surface area contributed by atoms with Crippen molar-refractivity contribution in [3.63, 3.8) is 0 Å². The Morgan fingerprint density at radius 1 is 1.40 bits per heavy atom. The van der Waals surface area contributed by atoms with Crippen LogP contribution in [-0.2, 0) is 16.9 Å². The zero-order valence-corrected chi connectivity index (χ0v) is 15.4. The van der Waals surface area contributed by atoms with Crippen LogP contribution in [0.2, 0.25) is 0 Å². The predicted molar refractivity (Wildman–Crippen MR) is 94.0 cm³/mol. The molecule has 0 unspecified atom stereocenters. The lowest BCUT2D eigenvalue weighted by Crippen LogP contribution is -2.31. The van der Waals surface area contributed by atoms with Gasteiger partial charge >= 0.3 is 0 Å². The third-order valence-electron chi connectivity index (χ3n) is 4.05. The molecule has 2 heterocycles. The van der Waals surface area contributed by atoms with Gasteiger partial charge in [-0.3, -0.25) is 14.2 Å². The van der Waals surface area contributed by atoms with Crippen molar-refractivity contribution in [3.8, 4) is 6.07 Å². The Balaban J connectivity index is 2.27. The minimum absolute atomic E-state index is 0.105. The highest BCUT2D eigenvalue weighted by atomic mass is 16.2. The van der Waals surface area contributed by atoms with E-state index in [9.17, 15) is 9.59 Å². The number of nitriles is 1. The van der Waals surface area contributed by atoms with E-state index in [4.69, 9.17) is 5.26 Å². The van der Waals surface area contributed by atoms with E-state index in [1.807, 2.05) is 26.8 Å². The number of nitrogens with zero attached hydrogens (tertiary/aromatic N) is 6. The summed E-state index contributed by atoms with van der Waals surface area (Å²) in [6, 6.07) is 2.01. The second kappa shape index (κ2) is 7.05. The van der Waals surface area contributed by atoms with Gasteiger partial charge in [0.05, 0.1) is 24.2 Å². The number of hydrogen-bond donors (Lipinski definition) is 0. The van der Waals surface area contributed by atoms with Crippen LogP contribution in [0.5, 0.6) is 0 Å². The average molecular weight is 344 g/mol. The molecule has 2 aromatic rings. The Kier molecular flexibility index (Phi) is 5.26. The number of carbonyl (C=O) groups excluding carboxylic acids is 1. The van der Waals surface area contributed by atoms with Crippen LogP contribution in [0, 0.1) is 18.3 Å². The quantitative estimate of drug-likeness (QED) is 0.817. The monoisotopic (exact) mass is 344 g/mol. The van der Waals surface area contributed by atoms with Crippen LogP contribution in [-0.4, -0.2) is 43.7 Å². The SMILES string of the molecule is Cc1nc2c(cnn2C(C)(C)C)c(=O)n1CCC(=O)N(C)CCC#N. The molecule has 0 bridgehead atoms. The number of rotatable bonds is 5. The number of aryl methyl sites for hydroxylation is 1. The largest absolute Gasteiger partial charge is 0.345 e. The van der Waals surface area contributed by atoms with Crippen LogP contribution in [0.1, 0.15) is 39.4 Å². The van der Waals surface area contributed by atoms with E-state index in [1.165, 1.54) is 15.7 Å². The molecule has 134 valence electrons. The maximum atomic E-state index is 12.7. The topological polar surface area (TPSA) is 96.8 Å². The molecule has 0 N–H and O–H groups in total. The first-order valence-corrected chi connectivity index (χ1v) is 8.23. The molecule has 2 aromatic heterocycles. The third kappa shape index (κ3) is 3.87. The van der Waals surface area contributed by atoms with Crippen molar-refractivity contribution < 1.29 is 4.79 Å². The summed E-state index contributed by atoms with van der Waals surface area (Å²) in [5.74, 6) is 0.447. The van der Waals surface area contributed by atoms with Crippen LogP contribution in [0.15, 0.2) is 11.0 Å². The number of hydrogen-bond acceptors (Lipinski definition) is 5. The van der Waals surface area contributed by atoms with Crippen molar-refractivity contribution in [1.82, 2.24) is 24.2 Å². The van der Waals surface area contributed by atoms with E-state index < -0.39 is 0 Å². The van der Waals surface area contributed by atoms with Crippen molar-refractivity contribution in [2.45, 2.75) is 52.6 Å². The molecular formula is C17H24N6O2. The molecule has 0 atom stereocenters. The van der Waals surface area contributed by atoms with Crippen molar-refractivity contribution >= 4 is 16.9 Å². The van der Waals surface area contributed by atoms with E-state index in [1.54, 1.807) is 18.7 Å². The molecule has 8 heteroatoms. The van der Waals surface area contributed by atoms with Crippen LogP contribution < -0.4 is 5.56 Å². The lowest BCUT2D eigenvalue weighted by molar-refractivity contribution is -0.130. The highest BCUT2D eigenvalue weighted by Crippen LogP contribution is 2.18. The summed E-state index contributed by atoms with van der Waals surface area (Å²) in [7, 11) is 1.66. The van der Waals surface area contributed by atoms with Gasteiger partial charge in [-0.05, 0) is 27.7 Å². The molecule has 0 radical (unpaired) electrons. The molecular weight excluding hydrogens is 320 g/mol. The van der Waals surface area contributed by atoms with Crippen molar-refractivity contribution in [1.29, 1.82) is 5.26 Å². The molecule has 0 saturated heterocycles. The Labute approximate surface area is 146 Å². The second-order valence-electron chi connectivity index (χ2n) is 7.05. The minimum atomic E-state index is -0.279. The highest BCUT2D eigenvalue weighted by molar-refractivity contribution is 5.76. The van der Waals surface area contributed by atoms with Gasteiger partial charge in [-0.2, -0.15) is 10.4 Å². The summed E-state index contributed by atoms with van der Waals surface area (Å²) in [6.07, 6.45) is 2.01. The standard InChI is InChI=1S/C17H24N6O2/c1-12-20-15-13(11-19-23(15)17(2,3)4)16(25)22(12)10-7-14(24)21(5)9-6-8-18/h11H,6-7,9-10H2,1-5H3. The molecule has 0 aliphatic rings. The summed E-state index contributed by atoms with van der Waals surface area (Å²) in [6.45, 7) is 8.39. The Bertz CT molecular complexity index is 881. The maximum absolute atomic E-state index is 12.7. The molecule has 0 aliphatic carbocycles. The van der Waals surface area contributed by atoms with E-state index in [2.05, 4.69) is 10.1 Å². The lowest BCUT2D eigenvalue weighted by atomic mass is 10.1. The number of carbonyl (C=O) groups is 1.